The predicted octanol–water partition coefficient (Wildman–Crippen LogP) is 4.76. The Labute approximate surface area is 166 Å². The lowest BCUT2D eigenvalue weighted by Crippen LogP contribution is -2.35. The van der Waals surface area contributed by atoms with Crippen molar-refractivity contribution in [2.75, 3.05) is 18.4 Å². The first-order valence-corrected chi connectivity index (χ1v) is 10.2. The van der Waals surface area contributed by atoms with Gasteiger partial charge in [0.1, 0.15) is 5.82 Å². The van der Waals surface area contributed by atoms with E-state index in [1.54, 1.807) is 6.20 Å². The molecule has 7 heteroatoms. The molecule has 1 aromatic carbocycles. The molecule has 3 heterocycles. The van der Waals surface area contributed by atoms with Gasteiger partial charge in [-0.15, -0.1) is 0 Å². The predicted molar refractivity (Wildman–Crippen MR) is 110 cm³/mol. The molecule has 26 heavy (non-hydrogen) atoms. The fourth-order valence-corrected chi connectivity index (χ4v) is 3.99. The van der Waals surface area contributed by atoms with Crippen LogP contribution in [-0.4, -0.2) is 33.7 Å². The quantitative estimate of drug-likeness (QED) is 0.608. The van der Waals surface area contributed by atoms with Crippen molar-refractivity contribution in [2.45, 2.75) is 31.7 Å². The Balaban J connectivity index is 1.61. The Morgan fingerprint density at radius 3 is 3.00 bits per heavy atom. The molecule has 1 aliphatic rings. The molecule has 1 fully saturated rings. The molecule has 0 spiro atoms. The molecule has 4 rings (SSSR count). The van der Waals surface area contributed by atoms with E-state index in [1.807, 2.05) is 34.8 Å². The molecular formula is C19H21BrClN5. The van der Waals surface area contributed by atoms with Crippen molar-refractivity contribution in [1.82, 2.24) is 19.9 Å². The van der Waals surface area contributed by atoms with Crippen LogP contribution in [0.1, 0.15) is 25.7 Å². The molecule has 1 saturated heterocycles. The van der Waals surface area contributed by atoms with Gasteiger partial charge in [-0.2, -0.15) is 9.61 Å². The summed E-state index contributed by atoms with van der Waals surface area (Å²) in [4.78, 5) is 4.74. The van der Waals surface area contributed by atoms with Gasteiger partial charge in [0.25, 0.3) is 0 Å². The second-order valence-electron chi connectivity index (χ2n) is 6.60. The van der Waals surface area contributed by atoms with E-state index in [-0.39, 0.29) is 0 Å². The van der Waals surface area contributed by atoms with Crippen LogP contribution in [0.5, 0.6) is 0 Å². The van der Waals surface area contributed by atoms with Gasteiger partial charge in [0.15, 0.2) is 5.65 Å². The maximum Gasteiger partial charge on any atom is 0.172 e. The second kappa shape index (κ2) is 7.94. The Morgan fingerprint density at radius 1 is 1.31 bits per heavy atom. The van der Waals surface area contributed by atoms with Gasteiger partial charge in [0.05, 0.1) is 16.4 Å². The maximum atomic E-state index is 6.38. The van der Waals surface area contributed by atoms with Crippen LogP contribution in [0, 0.1) is 0 Å². The van der Waals surface area contributed by atoms with E-state index in [1.165, 1.54) is 19.3 Å². The van der Waals surface area contributed by atoms with Crippen molar-refractivity contribution in [1.29, 1.82) is 0 Å². The molecule has 1 unspecified atom stereocenters. The average molecular weight is 435 g/mol. The lowest BCUT2D eigenvalue weighted by Gasteiger charge is -2.23. The molecule has 3 aromatic rings. The van der Waals surface area contributed by atoms with Gasteiger partial charge in [0.2, 0.25) is 0 Å². The number of hydrogen-bond acceptors (Lipinski definition) is 4. The number of hydrogen-bond donors (Lipinski definition) is 2. The van der Waals surface area contributed by atoms with Crippen molar-refractivity contribution >= 4 is 39.0 Å². The molecule has 2 aromatic heterocycles. The summed E-state index contributed by atoms with van der Waals surface area (Å²) < 4.78 is 2.70. The number of fused-ring (bicyclic) bond motifs is 1. The van der Waals surface area contributed by atoms with Gasteiger partial charge < -0.3 is 10.6 Å². The van der Waals surface area contributed by atoms with Crippen LogP contribution in [0.25, 0.3) is 16.9 Å². The summed E-state index contributed by atoms with van der Waals surface area (Å²) in [5.74, 6) is 0.923. The largest absolute Gasteiger partial charge is 0.370 e. The van der Waals surface area contributed by atoms with Crippen LogP contribution in [0.15, 0.2) is 41.0 Å². The van der Waals surface area contributed by atoms with Crippen LogP contribution in [0.3, 0.4) is 0 Å². The van der Waals surface area contributed by atoms with E-state index in [4.69, 9.17) is 16.6 Å². The van der Waals surface area contributed by atoms with Crippen molar-refractivity contribution in [3.05, 3.63) is 46.0 Å². The van der Waals surface area contributed by atoms with Crippen molar-refractivity contribution in [3.63, 3.8) is 0 Å². The number of anilines is 1. The fourth-order valence-electron chi connectivity index (χ4n) is 3.41. The minimum Gasteiger partial charge on any atom is -0.370 e. The Bertz CT molecular complexity index is 904. The SMILES string of the molecule is Clc1ccccc1-c1cc(NCCC2CCCCN2)n2ncc(Br)c2n1. The number of benzene rings is 1. The molecule has 0 bridgehead atoms. The number of piperidine rings is 1. The van der Waals surface area contributed by atoms with Crippen LogP contribution in [0.2, 0.25) is 5.02 Å². The van der Waals surface area contributed by atoms with Gasteiger partial charge in [-0.1, -0.05) is 36.2 Å². The van der Waals surface area contributed by atoms with Gasteiger partial charge in [0, 0.05) is 29.2 Å². The lowest BCUT2D eigenvalue weighted by atomic mass is 10.0. The molecule has 0 aliphatic carbocycles. The Morgan fingerprint density at radius 2 is 2.19 bits per heavy atom. The minimum atomic E-state index is 0.598. The Kier molecular flexibility index (Phi) is 5.43. The normalized spacial score (nSPS) is 17.5. The van der Waals surface area contributed by atoms with Crippen molar-refractivity contribution in [2.24, 2.45) is 0 Å². The minimum absolute atomic E-state index is 0.598. The zero-order valence-corrected chi connectivity index (χ0v) is 16.7. The van der Waals surface area contributed by atoms with Crippen LogP contribution < -0.4 is 10.6 Å². The third kappa shape index (κ3) is 3.72. The zero-order chi connectivity index (χ0) is 17.9. The third-order valence-electron chi connectivity index (χ3n) is 4.79. The first-order valence-electron chi connectivity index (χ1n) is 8.99. The molecule has 5 nitrogen and oxygen atoms in total. The summed E-state index contributed by atoms with van der Waals surface area (Å²) in [5, 5.41) is 12.3. The number of nitrogens with one attached hydrogen (secondary N) is 2. The maximum absolute atomic E-state index is 6.38. The molecular weight excluding hydrogens is 414 g/mol. The smallest absolute Gasteiger partial charge is 0.172 e. The second-order valence-corrected chi connectivity index (χ2v) is 7.86. The number of rotatable bonds is 5. The summed E-state index contributed by atoms with van der Waals surface area (Å²) in [6, 6.07) is 10.4. The summed E-state index contributed by atoms with van der Waals surface area (Å²) in [7, 11) is 0. The summed E-state index contributed by atoms with van der Waals surface area (Å²) in [5.41, 5.74) is 2.53. The van der Waals surface area contributed by atoms with Crippen LogP contribution in [-0.2, 0) is 0 Å². The topological polar surface area (TPSA) is 54.2 Å². The van der Waals surface area contributed by atoms with Crippen LogP contribution in [0.4, 0.5) is 5.82 Å². The summed E-state index contributed by atoms with van der Waals surface area (Å²) in [6.45, 7) is 2.02. The summed E-state index contributed by atoms with van der Waals surface area (Å²) in [6.07, 6.45) is 6.73. The average Bonchev–Trinajstić information content (AvgIpc) is 3.04. The van der Waals surface area contributed by atoms with Gasteiger partial charge >= 0.3 is 0 Å². The number of halogens is 2. The first-order chi connectivity index (χ1) is 12.7. The lowest BCUT2D eigenvalue weighted by molar-refractivity contribution is 0.388. The molecule has 0 saturated carbocycles. The third-order valence-corrected chi connectivity index (χ3v) is 5.68. The first kappa shape index (κ1) is 17.8. The highest BCUT2D eigenvalue weighted by molar-refractivity contribution is 9.10. The van der Waals surface area contributed by atoms with E-state index in [0.29, 0.717) is 11.1 Å². The van der Waals surface area contributed by atoms with Crippen molar-refractivity contribution < 1.29 is 0 Å². The van der Waals surface area contributed by atoms with Crippen LogP contribution >= 0.6 is 27.5 Å². The highest BCUT2D eigenvalue weighted by Crippen LogP contribution is 2.30. The van der Waals surface area contributed by atoms with E-state index in [2.05, 4.69) is 31.7 Å². The molecule has 1 atom stereocenters. The zero-order valence-electron chi connectivity index (χ0n) is 14.4. The van der Waals surface area contributed by atoms with Crippen molar-refractivity contribution in [3.8, 4) is 11.3 Å². The molecule has 0 radical (unpaired) electrons. The van der Waals surface area contributed by atoms with Gasteiger partial charge in [-0.05, 0) is 47.8 Å². The van der Waals surface area contributed by atoms with E-state index in [0.717, 1.165) is 46.7 Å². The van der Waals surface area contributed by atoms with Gasteiger partial charge in [-0.25, -0.2) is 4.98 Å². The van der Waals surface area contributed by atoms with E-state index in [9.17, 15) is 0 Å². The monoisotopic (exact) mass is 433 g/mol. The molecule has 2 N–H and O–H groups in total. The van der Waals surface area contributed by atoms with Gasteiger partial charge in [-0.3, -0.25) is 0 Å². The molecule has 1 aliphatic heterocycles. The van der Waals surface area contributed by atoms with E-state index < -0.39 is 0 Å². The molecule has 136 valence electrons. The molecule has 0 amide bonds. The highest BCUT2D eigenvalue weighted by Gasteiger charge is 2.15. The standard InChI is InChI=1S/C19H21BrClN5/c20-15-12-24-26-18(23-10-8-13-5-3-4-9-22-13)11-17(25-19(15)26)14-6-1-2-7-16(14)21/h1-2,6-7,11-13,22-23H,3-5,8-10H2. The highest BCUT2D eigenvalue weighted by atomic mass is 79.9. The Hall–Kier alpha value is -1.63. The number of aromatic nitrogens is 3. The fraction of sp³-hybridized carbons (Fsp3) is 0.368. The summed E-state index contributed by atoms with van der Waals surface area (Å²) >= 11 is 9.92. The van der Waals surface area contributed by atoms with E-state index >= 15 is 0 Å². The number of nitrogens with zero attached hydrogens (tertiary/aromatic N) is 3.